The minimum Gasteiger partial charge on any atom is -0.488 e. The molecule has 144 valence electrons. The second kappa shape index (κ2) is 9.92. The van der Waals surface area contributed by atoms with E-state index in [0.717, 1.165) is 23.3 Å². The van der Waals surface area contributed by atoms with E-state index in [1.165, 1.54) is 11.1 Å². The lowest BCUT2D eigenvalue weighted by Gasteiger charge is -2.14. The Hall–Kier alpha value is -2.07. The number of para-hydroxylation sites is 1. The molecule has 28 heavy (non-hydrogen) atoms. The monoisotopic (exact) mass is 429 g/mol. The van der Waals surface area contributed by atoms with Crippen LogP contribution in [-0.4, -0.2) is 4.99 Å². The first-order valence-electron chi connectivity index (χ1n) is 9.08. The number of aryl methyl sites for hydroxylation is 1. The molecule has 0 aliphatic carbocycles. The third-order valence-electron chi connectivity index (χ3n) is 4.39. The van der Waals surface area contributed by atoms with Crippen LogP contribution in [0.3, 0.4) is 0 Å². The number of hydrogen-bond donors (Lipinski definition) is 1. The van der Waals surface area contributed by atoms with Gasteiger partial charge in [-0.15, -0.1) is 0 Å². The van der Waals surface area contributed by atoms with Crippen LogP contribution in [-0.2, 0) is 19.6 Å². The molecule has 0 heterocycles. The molecule has 0 saturated heterocycles. The van der Waals surface area contributed by atoms with Crippen molar-refractivity contribution in [1.82, 2.24) is 5.32 Å². The van der Waals surface area contributed by atoms with E-state index < -0.39 is 0 Å². The molecule has 0 amide bonds. The Kier molecular flexibility index (Phi) is 7.32. The first-order chi connectivity index (χ1) is 13.6. The van der Waals surface area contributed by atoms with Crippen LogP contribution in [0.1, 0.15) is 29.2 Å². The van der Waals surface area contributed by atoms with E-state index in [-0.39, 0.29) is 0 Å². The quantitative estimate of drug-likeness (QED) is 0.427. The van der Waals surface area contributed by atoms with Crippen molar-refractivity contribution in [3.05, 3.63) is 99.0 Å². The molecule has 0 bridgehead atoms. The highest BCUT2D eigenvalue weighted by atomic mass is 35.5. The number of halogens is 2. The van der Waals surface area contributed by atoms with E-state index >= 15 is 0 Å². The van der Waals surface area contributed by atoms with E-state index in [0.29, 0.717) is 28.2 Å². The lowest BCUT2D eigenvalue weighted by molar-refractivity contribution is 0.305. The maximum absolute atomic E-state index is 6.08. The van der Waals surface area contributed by atoms with Gasteiger partial charge in [0.05, 0.1) is 15.6 Å². The van der Waals surface area contributed by atoms with Gasteiger partial charge in [-0.25, -0.2) is 0 Å². The van der Waals surface area contributed by atoms with Crippen molar-refractivity contribution < 1.29 is 4.74 Å². The zero-order valence-corrected chi connectivity index (χ0v) is 17.9. The lowest BCUT2D eigenvalue weighted by Crippen LogP contribution is -2.22. The van der Waals surface area contributed by atoms with Gasteiger partial charge in [-0.3, -0.25) is 0 Å². The van der Waals surface area contributed by atoms with Crippen molar-refractivity contribution in [3.63, 3.8) is 0 Å². The maximum atomic E-state index is 6.08. The summed E-state index contributed by atoms with van der Waals surface area (Å²) in [5, 5.41) is 4.37. The molecule has 0 spiro atoms. The van der Waals surface area contributed by atoms with Crippen molar-refractivity contribution in [2.24, 2.45) is 0 Å². The second-order valence-corrected chi connectivity index (χ2v) is 7.61. The standard InChI is InChI=1S/C23H21Cl2NOS/c1-2-16-7-9-17(10-8-16)14-26-23(28)19-5-3-4-6-22(19)27-15-18-11-12-20(24)21(25)13-18/h3-13H,2,14-15H2,1H3,(H,26,28). The third kappa shape index (κ3) is 5.48. The Morgan fingerprint density at radius 3 is 2.29 bits per heavy atom. The maximum Gasteiger partial charge on any atom is 0.129 e. The molecular formula is C23H21Cl2NOS. The number of ether oxygens (including phenoxy) is 1. The van der Waals surface area contributed by atoms with Crippen molar-refractivity contribution in [2.45, 2.75) is 26.5 Å². The highest BCUT2D eigenvalue weighted by molar-refractivity contribution is 7.80. The summed E-state index contributed by atoms with van der Waals surface area (Å²) in [7, 11) is 0. The molecule has 0 atom stereocenters. The van der Waals surface area contributed by atoms with Crippen LogP contribution in [0, 0.1) is 0 Å². The molecular weight excluding hydrogens is 409 g/mol. The normalized spacial score (nSPS) is 10.5. The predicted molar refractivity (Wildman–Crippen MR) is 122 cm³/mol. The average Bonchev–Trinajstić information content (AvgIpc) is 2.73. The van der Waals surface area contributed by atoms with Gasteiger partial charge < -0.3 is 10.1 Å². The molecule has 1 N–H and O–H groups in total. The number of benzene rings is 3. The molecule has 0 fully saturated rings. The number of nitrogens with one attached hydrogen (secondary N) is 1. The summed E-state index contributed by atoms with van der Waals surface area (Å²) in [5.74, 6) is 0.729. The zero-order chi connectivity index (χ0) is 19.9. The average molecular weight is 430 g/mol. The fraction of sp³-hybridized carbons (Fsp3) is 0.174. The van der Waals surface area contributed by atoms with Gasteiger partial charge >= 0.3 is 0 Å². The first kappa shape index (κ1) is 20.7. The lowest BCUT2D eigenvalue weighted by atomic mass is 10.1. The Morgan fingerprint density at radius 1 is 0.893 bits per heavy atom. The van der Waals surface area contributed by atoms with Gasteiger partial charge in [-0.1, -0.05) is 84.8 Å². The number of rotatable bonds is 7. The third-order valence-corrected chi connectivity index (χ3v) is 5.50. The van der Waals surface area contributed by atoms with E-state index in [4.69, 9.17) is 40.2 Å². The molecule has 3 aromatic carbocycles. The van der Waals surface area contributed by atoms with E-state index in [1.54, 1.807) is 6.07 Å². The Balaban J connectivity index is 1.64. The predicted octanol–water partition coefficient (Wildman–Crippen LogP) is 6.60. The minimum atomic E-state index is 0.384. The van der Waals surface area contributed by atoms with Gasteiger partial charge in [0.25, 0.3) is 0 Å². The topological polar surface area (TPSA) is 21.3 Å². The zero-order valence-electron chi connectivity index (χ0n) is 15.5. The second-order valence-electron chi connectivity index (χ2n) is 6.39. The summed E-state index contributed by atoms with van der Waals surface area (Å²) in [4.78, 5) is 0.657. The van der Waals surface area contributed by atoms with Crippen LogP contribution < -0.4 is 10.1 Å². The summed E-state index contributed by atoms with van der Waals surface area (Å²) in [6, 6.07) is 21.8. The van der Waals surface area contributed by atoms with Gasteiger partial charge in [0, 0.05) is 6.54 Å². The Labute approximate surface area is 181 Å². The molecule has 5 heteroatoms. The fourth-order valence-electron chi connectivity index (χ4n) is 2.74. The summed E-state index contributed by atoms with van der Waals surface area (Å²) < 4.78 is 5.99. The van der Waals surface area contributed by atoms with E-state index in [2.05, 4.69) is 36.5 Å². The summed E-state index contributed by atoms with van der Waals surface area (Å²) in [5.41, 5.74) is 4.32. The fourth-order valence-corrected chi connectivity index (χ4v) is 3.30. The molecule has 0 aliphatic heterocycles. The van der Waals surface area contributed by atoms with Gasteiger partial charge in [-0.05, 0) is 47.4 Å². The van der Waals surface area contributed by atoms with Crippen molar-refractivity contribution in [2.75, 3.05) is 0 Å². The molecule has 0 saturated carbocycles. The Bertz CT molecular complexity index is 957. The molecule has 3 aromatic rings. The van der Waals surface area contributed by atoms with E-state index in [9.17, 15) is 0 Å². The summed E-state index contributed by atoms with van der Waals surface area (Å²) >= 11 is 17.6. The van der Waals surface area contributed by atoms with Crippen LogP contribution in [0.25, 0.3) is 0 Å². The van der Waals surface area contributed by atoms with Gasteiger partial charge in [0.1, 0.15) is 17.3 Å². The smallest absolute Gasteiger partial charge is 0.129 e. The molecule has 0 aliphatic rings. The van der Waals surface area contributed by atoms with Crippen molar-refractivity contribution in [3.8, 4) is 5.75 Å². The van der Waals surface area contributed by atoms with Gasteiger partial charge in [0.2, 0.25) is 0 Å². The first-order valence-corrected chi connectivity index (χ1v) is 10.2. The summed E-state index contributed by atoms with van der Waals surface area (Å²) in [6.07, 6.45) is 1.04. The van der Waals surface area contributed by atoms with Crippen LogP contribution in [0.5, 0.6) is 5.75 Å². The SMILES string of the molecule is CCc1ccc(CNC(=S)c2ccccc2OCc2ccc(Cl)c(Cl)c2)cc1. The van der Waals surface area contributed by atoms with Crippen LogP contribution >= 0.6 is 35.4 Å². The largest absolute Gasteiger partial charge is 0.488 e. The minimum absolute atomic E-state index is 0.384. The van der Waals surface area contributed by atoms with Gasteiger partial charge in [-0.2, -0.15) is 0 Å². The van der Waals surface area contributed by atoms with Gasteiger partial charge in [0.15, 0.2) is 0 Å². The number of hydrogen-bond acceptors (Lipinski definition) is 2. The molecule has 0 radical (unpaired) electrons. The van der Waals surface area contributed by atoms with Crippen LogP contribution in [0.4, 0.5) is 0 Å². The molecule has 3 rings (SSSR count). The van der Waals surface area contributed by atoms with Crippen LogP contribution in [0.15, 0.2) is 66.7 Å². The highest BCUT2D eigenvalue weighted by Crippen LogP contribution is 2.24. The van der Waals surface area contributed by atoms with Crippen molar-refractivity contribution in [1.29, 1.82) is 0 Å². The van der Waals surface area contributed by atoms with Crippen molar-refractivity contribution >= 4 is 40.4 Å². The molecule has 2 nitrogen and oxygen atoms in total. The molecule has 0 unspecified atom stereocenters. The Morgan fingerprint density at radius 2 is 1.57 bits per heavy atom. The van der Waals surface area contributed by atoms with Crippen LogP contribution in [0.2, 0.25) is 10.0 Å². The van der Waals surface area contributed by atoms with E-state index in [1.807, 2.05) is 36.4 Å². The highest BCUT2D eigenvalue weighted by Gasteiger charge is 2.09. The molecule has 0 aromatic heterocycles. The summed E-state index contributed by atoms with van der Waals surface area (Å²) in [6.45, 7) is 3.20. The number of thiocarbonyl (C=S) groups is 1.